The van der Waals surface area contributed by atoms with E-state index >= 15 is 0 Å². The number of amides is 1. The lowest BCUT2D eigenvalue weighted by Crippen LogP contribution is -2.66. The van der Waals surface area contributed by atoms with Crippen LogP contribution in [0.1, 0.15) is 106 Å². The number of fused-ring (bicyclic) bond motifs is 7. The predicted molar refractivity (Wildman–Crippen MR) is 152 cm³/mol. The van der Waals surface area contributed by atoms with E-state index in [2.05, 4.69) is 69.9 Å². The highest BCUT2D eigenvalue weighted by molar-refractivity contribution is 5.95. The number of aliphatic hydroxyl groups excluding tert-OH is 1. The number of carbonyl (C=O) groups is 2. The lowest BCUT2D eigenvalue weighted by Gasteiger charge is -2.70. The lowest BCUT2D eigenvalue weighted by atomic mass is 9.33. The van der Waals surface area contributed by atoms with Gasteiger partial charge in [0.1, 0.15) is 0 Å². The van der Waals surface area contributed by atoms with E-state index in [4.69, 9.17) is 5.53 Å². The van der Waals surface area contributed by atoms with Gasteiger partial charge in [-0.05, 0) is 108 Å². The van der Waals surface area contributed by atoms with E-state index in [0.717, 1.165) is 57.8 Å². The second-order valence-corrected chi connectivity index (χ2v) is 15.8. The van der Waals surface area contributed by atoms with Gasteiger partial charge in [0.15, 0.2) is 5.78 Å². The topological polar surface area (TPSA) is 115 Å². The first-order valence-corrected chi connectivity index (χ1v) is 15.3. The fourth-order valence-corrected chi connectivity index (χ4v) is 10.9. The standard InChI is InChI=1S/C32H50N4O3/c1-27(2)23-8-11-32(7)25(30(23,5)10-9-24(27)38)22(37)18-20-21-19-29(4,26(39)34-16-17-35-36-33)13-12-28(21,3)14-15-31(20,32)6/h18,21,23-25,38H,8-17,19H2,1-7H3,(H,34,39)/t21-,23?,24+,25-,28-,29+,30+,31-,32-/m1/s1. The van der Waals surface area contributed by atoms with E-state index < -0.39 is 5.41 Å². The van der Waals surface area contributed by atoms with E-state index in [1.54, 1.807) is 0 Å². The fraction of sp³-hybridized carbons (Fsp3) is 0.875. The van der Waals surface area contributed by atoms with Crippen molar-refractivity contribution >= 4 is 11.7 Å². The third-order valence-electron chi connectivity index (χ3n) is 13.7. The molecule has 1 unspecified atom stereocenters. The highest BCUT2D eigenvalue weighted by Crippen LogP contribution is 2.75. The largest absolute Gasteiger partial charge is 0.393 e. The number of hydrogen-bond donors (Lipinski definition) is 2. The Morgan fingerprint density at radius 2 is 1.74 bits per heavy atom. The van der Waals surface area contributed by atoms with E-state index in [0.29, 0.717) is 18.2 Å². The van der Waals surface area contributed by atoms with Gasteiger partial charge in [-0.15, -0.1) is 0 Å². The molecule has 0 heterocycles. The maximum atomic E-state index is 14.4. The Morgan fingerprint density at radius 1 is 1.05 bits per heavy atom. The summed E-state index contributed by atoms with van der Waals surface area (Å²) in [7, 11) is 0. The van der Waals surface area contributed by atoms with Gasteiger partial charge in [-0.25, -0.2) is 0 Å². The molecule has 7 nitrogen and oxygen atoms in total. The lowest BCUT2D eigenvalue weighted by molar-refractivity contribution is -0.202. The molecule has 39 heavy (non-hydrogen) atoms. The van der Waals surface area contributed by atoms with E-state index in [9.17, 15) is 14.7 Å². The average molecular weight is 539 g/mol. The van der Waals surface area contributed by atoms with Gasteiger partial charge in [0.25, 0.3) is 0 Å². The zero-order chi connectivity index (χ0) is 28.6. The SMILES string of the molecule is CC1(C)C2CC[C@]3(C)[C@H](C(=O)C=C4[C@H]5C[C@@](C)(C(=O)NCCN=[N+]=[N-])CC[C@]5(C)CC[C@]43C)[C@@]2(C)CC[C@@H]1O. The van der Waals surface area contributed by atoms with Crippen LogP contribution in [0.5, 0.6) is 0 Å². The number of nitrogens with zero attached hydrogens (tertiary/aromatic N) is 3. The number of aliphatic hydroxyl groups is 1. The highest BCUT2D eigenvalue weighted by Gasteiger charge is 2.70. The summed E-state index contributed by atoms with van der Waals surface area (Å²) in [5.74, 6) is 0.824. The van der Waals surface area contributed by atoms with Crippen molar-refractivity contribution in [2.75, 3.05) is 13.1 Å². The van der Waals surface area contributed by atoms with Gasteiger partial charge in [0.2, 0.25) is 5.91 Å². The molecule has 0 aliphatic heterocycles. The molecular formula is C32H50N4O3. The molecule has 0 aromatic rings. The van der Waals surface area contributed by atoms with Crippen molar-refractivity contribution in [1.29, 1.82) is 0 Å². The summed E-state index contributed by atoms with van der Waals surface area (Å²) >= 11 is 0. The summed E-state index contributed by atoms with van der Waals surface area (Å²) in [5.41, 5.74) is 8.93. The summed E-state index contributed by atoms with van der Waals surface area (Å²) in [5, 5.41) is 17.5. The Hall–Kier alpha value is -1.85. The van der Waals surface area contributed by atoms with Crippen LogP contribution in [0.3, 0.4) is 0 Å². The first kappa shape index (κ1) is 28.7. The molecule has 2 N–H and O–H groups in total. The van der Waals surface area contributed by atoms with Crippen molar-refractivity contribution in [3.63, 3.8) is 0 Å². The van der Waals surface area contributed by atoms with Gasteiger partial charge in [0, 0.05) is 29.3 Å². The Bertz CT molecular complexity index is 1140. The van der Waals surface area contributed by atoms with Crippen molar-refractivity contribution < 1.29 is 14.7 Å². The molecule has 5 aliphatic rings. The number of nitrogens with one attached hydrogen (secondary N) is 1. The molecule has 0 aromatic carbocycles. The third kappa shape index (κ3) is 3.89. The van der Waals surface area contributed by atoms with Crippen LogP contribution in [0.2, 0.25) is 0 Å². The van der Waals surface area contributed by atoms with Gasteiger partial charge < -0.3 is 10.4 Å². The highest BCUT2D eigenvalue weighted by atomic mass is 16.3. The molecule has 0 aromatic heterocycles. The van der Waals surface area contributed by atoms with Crippen LogP contribution in [0.4, 0.5) is 0 Å². The monoisotopic (exact) mass is 538 g/mol. The van der Waals surface area contributed by atoms with Crippen LogP contribution in [0.25, 0.3) is 10.4 Å². The number of ketones is 1. The van der Waals surface area contributed by atoms with Crippen LogP contribution in [0, 0.1) is 50.2 Å². The summed E-state index contributed by atoms with van der Waals surface area (Å²) in [6.07, 6.45) is 10.3. The number of allylic oxidation sites excluding steroid dienone is 2. The van der Waals surface area contributed by atoms with Gasteiger partial charge in [0.05, 0.1) is 6.10 Å². The minimum atomic E-state index is -0.506. The molecule has 4 fully saturated rings. The van der Waals surface area contributed by atoms with E-state index in [-0.39, 0.29) is 57.5 Å². The summed E-state index contributed by atoms with van der Waals surface area (Å²) in [6.45, 7) is 16.7. The molecule has 1 amide bonds. The minimum Gasteiger partial charge on any atom is -0.393 e. The van der Waals surface area contributed by atoms with Crippen LogP contribution in [0.15, 0.2) is 16.8 Å². The number of rotatable bonds is 4. The zero-order valence-electron chi connectivity index (χ0n) is 25.3. The summed E-state index contributed by atoms with van der Waals surface area (Å²) < 4.78 is 0. The van der Waals surface area contributed by atoms with Crippen molar-refractivity contribution in [2.45, 2.75) is 112 Å². The summed E-state index contributed by atoms with van der Waals surface area (Å²) in [6, 6.07) is 0. The molecule has 0 bridgehead atoms. The molecule has 0 spiro atoms. The van der Waals surface area contributed by atoms with Crippen molar-refractivity contribution in [2.24, 2.45) is 55.4 Å². The third-order valence-corrected chi connectivity index (χ3v) is 13.7. The van der Waals surface area contributed by atoms with Gasteiger partial charge >= 0.3 is 0 Å². The molecule has 0 radical (unpaired) electrons. The Labute approximate surface area is 234 Å². The molecule has 216 valence electrons. The first-order chi connectivity index (χ1) is 18.1. The molecule has 7 heteroatoms. The molecular weight excluding hydrogens is 488 g/mol. The Balaban J connectivity index is 1.51. The van der Waals surface area contributed by atoms with Gasteiger partial charge in [-0.1, -0.05) is 59.2 Å². The number of hydrogen-bond acceptors (Lipinski definition) is 4. The van der Waals surface area contributed by atoms with Crippen LogP contribution in [-0.4, -0.2) is 36.0 Å². The molecule has 4 saturated carbocycles. The minimum absolute atomic E-state index is 0.0346. The van der Waals surface area contributed by atoms with Crippen LogP contribution < -0.4 is 5.32 Å². The first-order valence-electron chi connectivity index (χ1n) is 15.3. The molecule has 0 saturated heterocycles. The van der Waals surface area contributed by atoms with Crippen molar-refractivity contribution in [1.82, 2.24) is 5.32 Å². The molecule has 5 rings (SSSR count). The molecule has 5 aliphatic carbocycles. The van der Waals surface area contributed by atoms with Crippen LogP contribution >= 0.6 is 0 Å². The average Bonchev–Trinajstić information content (AvgIpc) is 2.86. The second-order valence-electron chi connectivity index (χ2n) is 15.8. The Kier molecular flexibility index (Phi) is 6.67. The maximum absolute atomic E-state index is 14.4. The van der Waals surface area contributed by atoms with Crippen molar-refractivity contribution in [3.05, 3.63) is 22.1 Å². The predicted octanol–water partition coefficient (Wildman–Crippen LogP) is 6.75. The smallest absolute Gasteiger partial charge is 0.225 e. The maximum Gasteiger partial charge on any atom is 0.225 e. The zero-order valence-corrected chi connectivity index (χ0v) is 25.3. The Morgan fingerprint density at radius 3 is 2.44 bits per heavy atom. The summed E-state index contributed by atoms with van der Waals surface area (Å²) in [4.78, 5) is 30.6. The fourth-order valence-electron chi connectivity index (χ4n) is 10.9. The van der Waals surface area contributed by atoms with Gasteiger partial charge in [-0.2, -0.15) is 0 Å². The second kappa shape index (κ2) is 9.08. The number of carbonyl (C=O) groups excluding carboxylic acids is 2. The van der Waals surface area contributed by atoms with E-state index in [1.165, 1.54) is 5.57 Å². The normalized spacial score (nSPS) is 48.3. The quantitative estimate of drug-likeness (QED) is 0.178. The van der Waals surface area contributed by atoms with E-state index in [1.807, 2.05) is 0 Å². The van der Waals surface area contributed by atoms with Crippen molar-refractivity contribution in [3.8, 4) is 0 Å². The number of azide groups is 1. The van der Waals surface area contributed by atoms with Gasteiger partial charge in [-0.3, -0.25) is 9.59 Å². The van der Waals surface area contributed by atoms with Crippen LogP contribution in [-0.2, 0) is 9.59 Å². The molecule has 9 atom stereocenters.